The van der Waals surface area contributed by atoms with Gasteiger partial charge in [-0.2, -0.15) is 26.3 Å². The Balaban J connectivity index is 1.78. The molecular weight excluding hydrogens is 522 g/mol. The third kappa shape index (κ3) is 3.23. The van der Waals surface area contributed by atoms with E-state index in [1.54, 1.807) is 35.0 Å². The minimum absolute atomic E-state index is 0.132. The molecule has 0 atom stereocenters. The standard InChI is InChI=1S/C22H12F6OS4/c1-29-19-12(9-16(33-19)14-5-3-7-31-14)18-17(20(23,24)22(27,28)21(18,25)26)11-8-15(32-10-11)13-4-2-6-30-13/h2-10H,1H3. The Hall–Kier alpha value is -2.08. The highest BCUT2D eigenvalue weighted by Crippen LogP contribution is 2.66. The summed E-state index contributed by atoms with van der Waals surface area (Å²) in [6, 6.07) is 9.43. The molecule has 0 saturated heterocycles. The van der Waals surface area contributed by atoms with E-state index in [2.05, 4.69) is 0 Å². The van der Waals surface area contributed by atoms with E-state index in [0.29, 0.717) is 14.6 Å². The molecule has 1 nitrogen and oxygen atoms in total. The van der Waals surface area contributed by atoms with E-state index >= 15 is 17.6 Å². The first-order valence-electron chi connectivity index (χ1n) is 9.33. The largest absolute Gasteiger partial charge is 0.487 e. The average molecular weight is 535 g/mol. The molecule has 0 aliphatic heterocycles. The lowest BCUT2D eigenvalue weighted by Crippen LogP contribution is -2.48. The third-order valence-corrected chi connectivity index (χ3v) is 9.39. The van der Waals surface area contributed by atoms with Crippen molar-refractivity contribution in [3.8, 4) is 24.6 Å². The molecule has 33 heavy (non-hydrogen) atoms. The van der Waals surface area contributed by atoms with Crippen LogP contribution < -0.4 is 4.74 Å². The molecule has 1 aliphatic rings. The number of hydrogen-bond donors (Lipinski definition) is 0. The zero-order valence-corrected chi connectivity index (χ0v) is 19.8. The quantitative estimate of drug-likeness (QED) is 0.232. The first kappa shape index (κ1) is 22.7. The van der Waals surface area contributed by atoms with Crippen LogP contribution >= 0.6 is 45.3 Å². The summed E-state index contributed by atoms with van der Waals surface area (Å²) in [6.45, 7) is 0. The second-order valence-corrected chi connectivity index (χ2v) is 11.0. The number of alkyl halides is 6. The number of hydrogen-bond acceptors (Lipinski definition) is 5. The molecule has 0 spiro atoms. The SMILES string of the molecule is COc1sc(-c2cccs2)cc1C1=C(c2csc(-c3cccs3)c2)C(F)(F)C(F)(F)C1(F)F. The second-order valence-electron chi connectivity index (χ2n) is 7.14. The van der Waals surface area contributed by atoms with Crippen LogP contribution in [0.5, 0.6) is 5.06 Å². The van der Waals surface area contributed by atoms with Crippen LogP contribution in [0.1, 0.15) is 11.1 Å². The summed E-state index contributed by atoms with van der Waals surface area (Å²) in [7, 11) is 1.19. The van der Waals surface area contributed by atoms with Crippen LogP contribution in [0.2, 0.25) is 0 Å². The minimum Gasteiger partial charge on any atom is -0.487 e. The average Bonchev–Trinajstić information content (AvgIpc) is 3.56. The van der Waals surface area contributed by atoms with E-state index < -0.39 is 34.5 Å². The number of ether oxygens (including phenoxy) is 1. The van der Waals surface area contributed by atoms with E-state index in [1.165, 1.54) is 47.3 Å². The number of thiophene rings is 4. The normalized spacial score (nSPS) is 18.8. The predicted octanol–water partition coefficient (Wildman–Crippen LogP) is 9.11. The van der Waals surface area contributed by atoms with Gasteiger partial charge >= 0.3 is 17.8 Å². The van der Waals surface area contributed by atoms with Crippen molar-refractivity contribution in [2.75, 3.05) is 7.11 Å². The van der Waals surface area contributed by atoms with Crippen LogP contribution in [0.25, 0.3) is 30.7 Å². The predicted molar refractivity (Wildman–Crippen MR) is 123 cm³/mol. The van der Waals surface area contributed by atoms with Gasteiger partial charge in [0.2, 0.25) is 0 Å². The minimum atomic E-state index is -5.61. The highest BCUT2D eigenvalue weighted by Gasteiger charge is 2.80. The van der Waals surface area contributed by atoms with Crippen molar-refractivity contribution in [2.24, 2.45) is 0 Å². The maximum Gasteiger partial charge on any atom is 0.380 e. The highest BCUT2D eigenvalue weighted by molar-refractivity contribution is 7.22. The molecule has 0 amide bonds. The number of rotatable bonds is 5. The Kier molecular flexibility index (Phi) is 5.31. The van der Waals surface area contributed by atoms with E-state index in [0.717, 1.165) is 27.6 Å². The van der Waals surface area contributed by atoms with Crippen molar-refractivity contribution in [3.63, 3.8) is 0 Å². The molecule has 4 aromatic heterocycles. The molecule has 0 saturated carbocycles. The van der Waals surface area contributed by atoms with Gasteiger partial charge in [0.1, 0.15) is 0 Å². The summed E-state index contributed by atoms with van der Waals surface area (Å²) in [5.41, 5.74) is -3.58. The van der Waals surface area contributed by atoms with Crippen LogP contribution in [0, 0.1) is 0 Å². The maximum absolute atomic E-state index is 15.1. The second kappa shape index (κ2) is 7.72. The van der Waals surface area contributed by atoms with E-state index in [1.807, 2.05) is 0 Å². The van der Waals surface area contributed by atoms with Gasteiger partial charge in [0.15, 0.2) is 5.06 Å². The summed E-state index contributed by atoms with van der Waals surface area (Å²) < 4.78 is 94.7. The van der Waals surface area contributed by atoms with Crippen LogP contribution in [0.4, 0.5) is 26.3 Å². The molecule has 1 aliphatic carbocycles. The van der Waals surface area contributed by atoms with Crippen LogP contribution in [-0.4, -0.2) is 24.9 Å². The number of allylic oxidation sites excluding steroid dienone is 2. The van der Waals surface area contributed by atoms with Gasteiger partial charge in [-0.15, -0.1) is 34.0 Å². The summed E-state index contributed by atoms with van der Waals surface area (Å²) >= 11 is 4.61. The van der Waals surface area contributed by atoms with Gasteiger partial charge in [-0.1, -0.05) is 23.5 Å². The van der Waals surface area contributed by atoms with Crippen molar-refractivity contribution in [3.05, 3.63) is 63.7 Å². The van der Waals surface area contributed by atoms with Gasteiger partial charge in [-0.25, -0.2) is 0 Å². The molecule has 0 unspecified atom stereocenters. The molecule has 0 radical (unpaired) electrons. The molecule has 4 aromatic rings. The first-order chi connectivity index (χ1) is 15.6. The third-order valence-electron chi connectivity index (χ3n) is 5.24. The fourth-order valence-corrected chi connectivity index (χ4v) is 7.26. The van der Waals surface area contributed by atoms with Gasteiger partial charge < -0.3 is 4.74 Å². The lowest BCUT2D eigenvalue weighted by atomic mass is 9.97. The van der Waals surface area contributed by atoms with Gasteiger partial charge in [-0.05, 0) is 46.0 Å². The summed E-state index contributed by atoms with van der Waals surface area (Å²) in [5.74, 6) is -15.8. The first-order valence-corrected chi connectivity index (χ1v) is 12.8. The summed E-state index contributed by atoms with van der Waals surface area (Å²) in [6.07, 6.45) is 0. The maximum atomic E-state index is 15.1. The molecule has 172 valence electrons. The Labute approximate surface area is 200 Å². The Morgan fingerprint density at radius 3 is 1.91 bits per heavy atom. The summed E-state index contributed by atoms with van der Waals surface area (Å²) in [4.78, 5) is 2.39. The Morgan fingerprint density at radius 2 is 1.33 bits per heavy atom. The highest BCUT2D eigenvalue weighted by atomic mass is 32.1. The number of halogens is 6. The Morgan fingerprint density at radius 1 is 0.727 bits per heavy atom. The monoisotopic (exact) mass is 534 g/mol. The Bertz CT molecular complexity index is 1330. The summed E-state index contributed by atoms with van der Waals surface area (Å²) in [5, 5.41) is 4.62. The molecule has 0 N–H and O–H groups in total. The van der Waals surface area contributed by atoms with Gasteiger partial charge in [0, 0.05) is 36.2 Å². The molecule has 0 fully saturated rings. The lowest BCUT2D eigenvalue weighted by molar-refractivity contribution is -0.254. The zero-order chi connectivity index (χ0) is 23.6. The van der Waals surface area contributed by atoms with Crippen molar-refractivity contribution in [1.29, 1.82) is 0 Å². The van der Waals surface area contributed by atoms with Crippen LogP contribution in [-0.2, 0) is 0 Å². The number of methoxy groups -OCH3 is 1. The fraction of sp³-hybridized carbons (Fsp3) is 0.182. The lowest BCUT2D eigenvalue weighted by Gasteiger charge is -2.25. The van der Waals surface area contributed by atoms with Gasteiger partial charge in [-0.3, -0.25) is 0 Å². The smallest absolute Gasteiger partial charge is 0.380 e. The fourth-order valence-electron chi connectivity index (χ4n) is 3.71. The molecule has 0 aromatic carbocycles. The topological polar surface area (TPSA) is 9.23 Å². The molecule has 5 rings (SSSR count). The molecule has 4 heterocycles. The van der Waals surface area contributed by atoms with E-state index in [4.69, 9.17) is 4.74 Å². The van der Waals surface area contributed by atoms with E-state index in [9.17, 15) is 8.78 Å². The van der Waals surface area contributed by atoms with Crippen LogP contribution in [0.15, 0.2) is 52.5 Å². The molecule has 11 heteroatoms. The van der Waals surface area contributed by atoms with Crippen LogP contribution in [0.3, 0.4) is 0 Å². The zero-order valence-electron chi connectivity index (χ0n) is 16.5. The molecular formula is C22H12F6OS4. The van der Waals surface area contributed by atoms with Crippen molar-refractivity contribution in [1.82, 2.24) is 0 Å². The molecule has 0 bridgehead atoms. The van der Waals surface area contributed by atoms with Crippen molar-refractivity contribution in [2.45, 2.75) is 17.8 Å². The van der Waals surface area contributed by atoms with Gasteiger partial charge in [0.25, 0.3) is 0 Å². The van der Waals surface area contributed by atoms with E-state index in [-0.39, 0.29) is 10.6 Å². The van der Waals surface area contributed by atoms with Crippen molar-refractivity contribution < 1.29 is 31.1 Å². The van der Waals surface area contributed by atoms with Crippen molar-refractivity contribution >= 4 is 56.5 Å². The van der Waals surface area contributed by atoms with Gasteiger partial charge in [0.05, 0.1) is 7.11 Å².